The lowest BCUT2D eigenvalue weighted by Gasteiger charge is -2.01. The molecule has 0 fully saturated rings. The Hall–Kier alpha value is -2.60. The van der Waals surface area contributed by atoms with E-state index in [1.165, 1.54) is 12.1 Å². The number of nitrogens with one attached hydrogen (secondary N) is 1. The Morgan fingerprint density at radius 3 is 2.57 bits per heavy atom. The molecule has 0 unspecified atom stereocenters. The molecule has 2 nitrogen and oxygen atoms in total. The van der Waals surface area contributed by atoms with Gasteiger partial charge in [-0.1, -0.05) is 36.3 Å². The van der Waals surface area contributed by atoms with Gasteiger partial charge in [0.05, 0.1) is 0 Å². The first-order valence-corrected chi connectivity index (χ1v) is 6.75. The van der Waals surface area contributed by atoms with Gasteiger partial charge < -0.3 is 5.32 Å². The third-order valence-electron chi connectivity index (χ3n) is 3.07. The molecular formula is C18H16FNO. The highest BCUT2D eigenvalue weighted by molar-refractivity contribution is 5.94. The molecule has 1 N–H and O–H groups in total. The zero-order valence-electron chi connectivity index (χ0n) is 11.8. The summed E-state index contributed by atoms with van der Waals surface area (Å²) < 4.78 is 12.7. The molecule has 0 saturated carbocycles. The molecule has 0 atom stereocenters. The smallest absolute Gasteiger partial charge is 0.296 e. The summed E-state index contributed by atoms with van der Waals surface area (Å²) in [6.07, 6.45) is 0.651. The minimum absolute atomic E-state index is 0.258. The van der Waals surface area contributed by atoms with E-state index in [0.717, 1.165) is 16.7 Å². The summed E-state index contributed by atoms with van der Waals surface area (Å²) >= 11 is 0. The van der Waals surface area contributed by atoms with Gasteiger partial charge in [0.2, 0.25) is 0 Å². The van der Waals surface area contributed by atoms with E-state index < -0.39 is 0 Å². The normalized spacial score (nSPS) is 9.62. The van der Waals surface area contributed by atoms with Crippen molar-refractivity contribution in [2.75, 3.05) is 6.54 Å². The topological polar surface area (TPSA) is 29.1 Å². The Kier molecular flexibility index (Phi) is 5.11. The van der Waals surface area contributed by atoms with Crippen molar-refractivity contribution in [2.45, 2.75) is 13.3 Å². The van der Waals surface area contributed by atoms with E-state index in [2.05, 4.69) is 17.2 Å². The Labute approximate surface area is 124 Å². The maximum absolute atomic E-state index is 12.7. The van der Waals surface area contributed by atoms with Crippen LogP contribution < -0.4 is 5.32 Å². The predicted octanol–water partition coefficient (Wildman–Crippen LogP) is 2.84. The lowest BCUT2D eigenvalue weighted by atomic mass is 10.1. The van der Waals surface area contributed by atoms with Crippen LogP contribution in [0.1, 0.15) is 16.7 Å². The first-order chi connectivity index (χ1) is 10.1. The van der Waals surface area contributed by atoms with Gasteiger partial charge in [-0.15, -0.1) is 0 Å². The van der Waals surface area contributed by atoms with Crippen molar-refractivity contribution in [1.82, 2.24) is 5.32 Å². The minimum Gasteiger partial charge on any atom is -0.345 e. The van der Waals surface area contributed by atoms with Crippen LogP contribution in [-0.4, -0.2) is 12.5 Å². The maximum Gasteiger partial charge on any atom is 0.296 e. The average Bonchev–Trinajstić information content (AvgIpc) is 2.48. The number of halogens is 1. The average molecular weight is 281 g/mol. The highest BCUT2D eigenvalue weighted by atomic mass is 19.1. The van der Waals surface area contributed by atoms with Gasteiger partial charge in [0.1, 0.15) is 5.82 Å². The second kappa shape index (κ2) is 7.25. The first-order valence-electron chi connectivity index (χ1n) is 6.75. The molecule has 0 aromatic heterocycles. The van der Waals surface area contributed by atoms with E-state index in [0.29, 0.717) is 13.0 Å². The van der Waals surface area contributed by atoms with Crippen molar-refractivity contribution >= 4 is 5.91 Å². The standard InChI is InChI=1S/C18H16FNO/c1-14-4-2-3-5-16(14)8-11-18(21)20-13-12-15-6-9-17(19)10-7-15/h2-7,9-10H,12-13H2,1H3,(H,20,21). The van der Waals surface area contributed by atoms with Gasteiger partial charge in [0.15, 0.2) is 0 Å². The van der Waals surface area contributed by atoms with Crippen LogP contribution in [-0.2, 0) is 11.2 Å². The molecule has 0 bridgehead atoms. The minimum atomic E-state index is -0.305. The molecule has 1 amide bonds. The van der Waals surface area contributed by atoms with Crippen LogP contribution in [0.5, 0.6) is 0 Å². The summed E-state index contributed by atoms with van der Waals surface area (Å²) in [6, 6.07) is 13.9. The van der Waals surface area contributed by atoms with Crippen LogP contribution in [0.2, 0.25) is 0 Å². The lowest BCUT2D eigenvalue weighted by molar-refractivity contribution is -0.115. The molecular weight excluding hydrogens is 265 g/mol. The fourth-order valence-corrected chi connectivity index (χ4v) is 1.85. The first kappa shape index (κ1) is 14.8. The summed E-state index contributed by atoms with van der Waals surface area (Å²) in [5.74, 6) is 4.87. The molecule has 0 aliphatic heterocycles. The van der Waals surface area contributed by atoms with E-state index in [9.17, 15) is 9.18 Å². The van der Waals surface area contributed by atoms with Crippen molar-refractivity contribution in [3.05, 3.63) is 71.0 Å². The van der Waals surface area contributed by atoms with Gasteiger partial charge in [-0.2, -0.15) is 0 Å². The van der Waals surface area contributed by atoms with E-state index in [4.69, 9.17) is 0 Å². The predicted molar refractivity (Wildman–Crippen MR) is 81.2 cm³/mol. The summed E-state index contributed by atoms with van der Waals surface area (Å²) in [4.78, 5) is 11.6. The van der Waals surface area contributed by atoms with Gasteiger partial charge in [-0.05, 0) is 42.7 Å². The molecule has 0 radical (unpaired) electrons. The summed E-state index contributed by atoms with van der Waals surface area (Å²) in [5.41, 5.74) is 2.87. The van der Waals surface area contributed by atoms with Crippen LogP contribution >= 0.6 is 0 Å². The Morgan fingerprint density at radius 2 is 1.86 bits per heavy atom. The van der Waals surface area contributed by atoms with Crippen LogP contribution in [0.25, 0.3) is 0 Å². The van der Waals surface area contributed by atoms with Crippen molar-refractivity contribution < 1.29 is 9.18 Å². The highest BCUT2D eigenvalue weighted by Gasteiger charge is 1.98. The highest BCUT2D eigenvalue weighted by Crippen LogP contribution is 2.04. The van der Waals surface area contributed by atoms with Crippen LogP contribution in [0.15, 0.2) is 48.5 Å². The van der Waals surface area contributed by atoms with Gasteiger partial charge in [0.25, 0.3) is 5.91 Å². The summed E-state index contributed by atoms with van der Waals surface area (Å²) in [6.45, 7) is 2.43. The summed E-state index contributed by atoms with van der Waals surface area (Å²) in [7, 11) is 0. The van der Waals surface area contributed by atoms with E-state index in [1.807, 2.05) is 31.2 Å². The van der Waals surface area contributed by atoms with Crippen molar-refractivity contribution in [3.63, 3.8) is 0 Å². The van der Waals surface area contributed by atoms with Gasteiger partial charge in [-0.3, -0.25) is 4.79 Å². The molecule has 2 aromatic rings. The Balaban J connectivity index is 1.83. The quantitative estimate of drug-likeness (QED) is 0.861. The largest absolute Gasteiger partial charge is 0.345 e. The molecule has 0 aliphatic rings. The van der Waals surface area contributed by atoms with Crippen LogP contribution in [0.4, 0.5) is 4.39 Å². The summed E-state index contributed by atoms with van der Waals surface area (Å²) in [5, 5.41) is 2.73. The Bertz CT molecular complexity index is 680. The van der Waals surface area contributed by atoms with Crippen molar-refractivity contribution in [3.8, 4) is 11.8 Å². The molecule has 0 spiro atoms. The molecule has 3 heteroatoms. The number of rotatable bonds is 3. The zero-order chi connectivity index (χ0) is 15.1. The number of amides is 1. The van der Waals surface area contributed by atoms with Crippen molar-refractivity contribution in [1.29, 1.82) is 0 Å². The van der Waals surface area contributed by atoms with Crippen LogP contribution in [0, 0.1) is 24.6 Å². The SMILES string of the molecule is Cc1ccccc1C#CC(=O)NCCc1ccc(F)cc1. The molecule has 21 heavy (non-hydrogen) atoms. The number of carbonyl (C=O) groups is 1. The third kappa shape index (κ3) is 4.77. The molecule has 0 heterocycles. The van der Waals surface area contributed by atoms with Crippen LogP contribution in [0.3, 0.4) is 0 Å². The second-order valence-electron chi connectivity index (χ2n) is 4.70. The zero-order valence-corrected chi connectivity index (χ0v) is 11.8. The number of aryl methyl sites for hydroxylation is 1. The van der Waals surface area contributed by atoms with Gasteiger partial charge >= 0.3 is 0 Å². The van der Waals surface area contributed by atoms with Gasteiger partial charge in [0, 0.05) is 18.0 Å². The molecule has 106 valence electrons. The van der Waals surface area contributed by atoms with Crippen molar-refractivity contribution in [2.24, 2.45) is 0 Å². The second-order valence-corrected chi connectivity index (χ2v) is 4.70. The van der Waals surface area contributed by atoms with E-state index >= 15 is 0 Å². The van der Waals surface area contributed by atoms with E-state index in [1.54, 1.807) is 12.1 Å². The monoisotopic (exact) mass is 281 g/mol. The van der Waals surface area contributed by atoms with E-state index in [-0.39, 0.29) is 11.7 Å². The number of hydrogen-bond donors (Lipinski definition) is 1. The van der Waals surface area contributed by atoms with Gasteiger partial charge in [-0.25, -0.2) is 4.39 Å². The lowest BCUT2D eigenvalue weighted by Crippen LogP contribution is -2.24. The molecule has 0 saturated heterocycles. The number of benzene rings is 2. The fourth-order valence-electron chi connectivity index (χ4n) is 1.85. The molecule has 2 aromatic carbocycles. The number of hydrogen-bond acceptors (Lipinski definition) is 1. The molecule has 0 aliphatic carbocycles. The maximum atomic E-state index is 12.7. The third-order valence-corrected chi connectivity index (χ3v) is 3.07. The fraction of sp³-hybridized carbons (Fsp3) is 0.167. The molecule has 2 rings (SSSR count). The Morgan fingerprint density at radius 1 is 1.14 bits per heavy atom. The number of carbonyl (C=O) groups excluding carboxylic acids is 1.